The molecule has 1 amide bonds. The molecular weight excluding hydrogens is 432 g/mol. The average molecular weight is 455 g/mol. The van der Waals surface area contributed by atoms with Crippen LogP contribution in [-0.2, 0) is 6.54 Å². The zero-order chi connectivity index (χ0) is 23.0. The number of aromatic nitrogens is 2. The highest BCUT2D eigenvalue weighted by Gasteiger charge is 2.14. The van der Waals surface area contributed by atoms with Gasteiger partial charge in [0.1, 0.15) is 0 Å². The van der Waals surface area contributed by atoms with Crippen LogP contribution in [0.1, 0.15) is 27.9 Å². The van der Waals surface area contributed by atoms with Gasteiger partial charge in [-0.15, -0.1) is 0 Å². The number of halogens is 1. The lowest BCUT2D eigenvalue weighted by molar-refractivity contribution is 0.0952. The molecule has 1 aliphatic heterocycles. The Bertz CT molecular complexity index is 1280. The highest BCUT2D eigenvalue weighted by molar-refractivity contribution is 6.30. The normalized spacial score (nSPS) is 12.4. The number of aryl methyl sites for hydroxylation is 1. The molecule has 33 heavy (non-hydrogen) atoms. The zero-order valence-electron chi connectivity index (χ0n) is 18.0. The van der Waals surface area contributed by atoms with Gasteiger partial charge in [0.05, 0.1) is 12.0 Å². The minimum Gasteiger partial charge on any atom is -0.352 e. The lowest BCUT2D eigenvalue weighted by Crippen LogP contribution is -2.25. The second-order valence-electron chi connectivity index (χ2n) is 7.46. The third kappa shape index (κ3) is 5.82. The van der Waals surface area contributed by atoms with Crippen molar-refractivity contribution in [2.24, 2.45) is 0 Å². The summed E-state index contributed by atoms with van der Waals surface area (Å²) in [4.78, 5) is 18.8. The summed E-state index contributed by atoms with van der Waals surface area (Å²) >= 11 is 6.10. The summed E-state index contributed by atoms with van der Waals surface area (Å²) in [6.45, 7) is 5.47. The molecule has 0 bridgehead atoms. The van der Waals surface area contributed by atoms with Crippen LogP contribution < -0.4 is 10.2 Å². The van der Waals surface area contributed by atoms with Crippen molar-refractivity contribution in [3.05, 3.63) is 120 Å². The highest BCUT2D eigenvalue weighted by Crippen LogP contribution is 2.27. The Morgan fingerprint density at radius 1 is 1.15 bits per heavy atom. The number of hydrogen-bond acceptors (Lipinski definition) is 3. The van der Waals surface area contributed by atoms with Crippen molar-refractivity contribution in [3.63, 3.8) is 0 Å². The molecule has 0 unspecified atom stereocenters. The average Bonchev–Trinajstić information content (AvgIpc) is 3.34. The van der Waals surface area contributed by atoms with Crippen molar-refractivity contribution in [1.82, 2.24) is 14.9 Å². The van der Waals surface area contributed by atoms with Crippen molar-refractivity contribution in [1.29, 1.82) is 0 Å². The molecule has 4 rings (SSSR count). The van der Waals surface area contributed by atoms with Crippen molar-refractivity contribution in [2.45, 2.75) is 13.0 Å². The summed E-state index contributed by atoms with van der Waals surface area (Å²) in [5.41, 5.74) is 3.75. The topological polar surface area (TPSA) is 50.2 Å². The van der Waals surface area contributed by atoms with E-state index in [0.717, 1.165) is 35.5 Å². The summed E-state index contributed by atoms with van der Waals surface area (Å²) in [5, 5.41) is 3.61. The molecule has 0 aliphatic carbocycles. The molecule has 0 saturated carbocycles. The molecule has 0 atom stereocenters. The Labute approximate surface area is 198 Å². The van der Waals surface area contributed by atoms with Crippen LogP contribution in [0.15, 0.2) is 97.9 Å². The maximum atomic E-state index is 12.8. The quantitative estimate of drug-likeness (QED) is 0.413. The van der Waals surface area contributed by atoms with E-state index < -0.39 is 0 Å². The second kappa shape index (κ2) is 10.5. The van der Waals surface area contributed by atoms with Gasteiger partial charge in [-0.2, -0.15) is 0 Å². The summed E-state index contributed by atoms with van der Waals surface area (Å²) in [7, 11) is 0. The van der Waals surface area contributed by atoms with Crippen LogP contribution in [0.25, 0.3) is 0 Å². The Balaban J connectivity index is 1.55. The molecule has 3 aromatic rings. The van der Waals surface area contributed by atoms with Gasteiger partial charge in [-0.05, 0) is 55.0 Å². The molecule has 1 aromatic heterocycles. The molecule has 164 valence electrons. The number of imidazole rings is 1. The third-order valence-corrected chi connectivity index (χ3v) is 5.30. The van der Waals surface area contributed by atoms with E-state index in [1.165, 1.54) is 0 Å². The number of anilines is 1. The van der Waals surface area contributed by atoms with Crippen molar-refractivity contribution < 1.29 is 4.79 Å². The fraction of sp³-hybridized carbons (Fsp3) is 0.111. The highest BCUT2D eigenvalue weighted by atomic mass is 35.5. The standard InChI is InChI=1S/C27H23ClN4O/c1-21-6-2-3-16-32(21)26-12-11-24(27(33)30-13-5-15-31-17-14-29-20-31)19-23(26)10-9-22-7-4-8-25(28)18-22/h2-4,6-8,11-12,14,16-20H,1,5,13,15H2,(H,30,33). The predicted molar refractivity (Wildman–Crippen MR) is 133 cm³/mol. The Morgan fingerprint density at radius 2 is 2.06 bits per heavy atom. The number of carbonyl (C=O) groups is 1. The first-order valence-electron chi connectivity index (χ1n) is 10.6. The molecule has 2 heterocycles. The van der Waals surface area contributed by atoms with Crippen LogP contribution in [0.2, 0.25) is 5.02 Å². The molecule has 6 heteroatoms. The first kappa shape index (κ1) is 22.2. The number of nitrogens with zero attached hydrogens (tertiary/aromatic N) is 3. The van der Waals surface area contributed by atoms with Crippen LogP contribution in [-0.4, -0.2) is 22.0 Å². The molecule has 0 spiro atoms. The van der Waals surface area contributed by atoms with E-state index in [4.69, 9.17) is 11.6 Å². The lowest BCUT2D eigenvalue weighted by atomic mass is 10.1. The van der Waals surface area contributed by atoms with Gasteiger partial charge in [-0.3, -0.25) is 4.79 Å². The molecule has 0 radical (unpaired) electrons. The van der Waals surface area contributed by atoms with E-state index >= 15 is 0 Å². The van der Waals surface area contributed by atoms with E-state index in [0.29, 0.717) is 17.1 Å². The Morgan fingerprint density at radius 3 is 2.85 bits per heavy atom. The number of hydrogen-bond donors (Lipinski definition) is 1. The van der Waals surface area contributed by atoms with Gasteiger partial charge in [0.2, 0.25) is 0 Å². The van der Waals surface area contributed by atoms with E-state index in [1.54, 1.807) is 12.5 Å². The minimum atomic E-state index is -0.133. The second-order valence-corrected chi connectivity index (χ2v) is 7.90. The van der Waals surface area contributed by atoms with Crippen LogP contribution in [0.5, 0.6) is 0 Å². The molecule has 5 nitrogen and oxygen atoms in total. The maximum Gasteiger partial charge on any atom is 0.251 e. The van der Waals surface area contributed by atoms with Gasteiger partial charge in [-0.1, -0.05) is 42.2 Å². The number of allylic oxidation sites excluding steroid dienone is 3. The minimum absolute atomic E-state index is 0.133. The monoisotopic (exact) mass is 454 g/mol. The van der Waals surface area contributed by atoms with Gasteiger partial charge in [0, 0.05) is 59.1 Å². The maximum absolute atomic E-state index is 12.8. The third-order valence-electron chi connectivity index (χ3n) is 5.07. The van der Waals surface area contributed by atoms with E-state index in [-0.39, 0.29) is 5.91 Å². The van der Waals surface area contributed by atoms with Crippen LogP contribution in [0.3, 0.4) is 0 Å². The summed E-state index contributed by atoms with van der Waals surface area (Å²) in [6.07, 6.45) is 14.0. The first-order chi connectivity index (χ1) is 16.1. The SMILES string of the molecule is C=C1C=CC=CN1c1ccc(C(=O)NCCCn2ccnc2)cc1C#Cc1cccc(Cl)c1. The van der Waals surface area contributed by atoms with Crippen LogP contribution in [0, 0.1) is 11.8 Å². The number of amides is 1. The predicted octanol–water partition coefficient (Wildman–Crippen LogP) is 5.16. The van der Waals surface area contributed by atoms with E-state index in [1.807, 2.05) is 82.6 Å². The summed E-state index contributed by atoms with van der Waals surface area (Å²) in [5.74, 6) is 6.24. The zero-order valence-corrected chi connectivity index (χ0v) is 18.8. The van der Waals surface area contributed by atoms with Gasteiger partial charge >= 0.3 is 0 Å². The molecular formula is C27H23ClN4O. The summed E-state index contributed by atoms with van der Waals surface area (Å²) in [6, 6.07) is 12.9. The number of rotatable bonds is 6. The fourth-order valence-electron chi connectivity index (χ4n) is 3.39. The molecule has 0 fully saturated rings. The molecule has 2 aromatic carbocycles. The number of benzene rings is 2. The molecule has 0 saturated heterocycles. The largest absolute Gasteiger partial charge is 0.352 e. The van der Waals surface area contributed by atoms with Gasteiger partial charge in [-0.25, -0.2) is 4.98 Å². The van der Waals surface area contributed by atoms with Gasteiger partial charge < -0.3 is 14.8 Å². The Kier molecular flexibility index (Phi) is 7.09. The Hall–Kier alpha value is -4.01. The van der Waals surface area contributed by atoms with Crippen LogP contribution in [0.4, 0.5) is 5.69 Å². The lowest BCUT2D eigenvalue weighted by Gasteiger charge is -2.24. The van der Waals surface area contributed by atoms with Gasteiger partial charge in [0.15, 0.2) is 0 Å². The smallest absolute Gasteiger partial charge is 0.251 e. The van der Waals surface area contributed by atoms with Gasteiger partial charge in [0.25, 0.3) is 5.91 Å². The van der Waals surface area contributed by atoms with Crippen LogP contribution >= 0.6 is 11.6 Å². The van der Waals surface area contributed by atoms with Crippen molar-refractivity contribution >= 4 is 23.2 Å². The van der Waals surface area contributed by atoms with Crippen molar-refractivity contribution in [2.75, 3.05) is 11.4 Å². The number of nitrogens with one attached hydrogen (secondary N) is 1. The summed E-state index contributed by atoms with van der Waals surface area (Å²) < 4.78 is 1.98. The molecule has 1 aliphatic rings. The number of carbonyl (C=O) groups excluding carboxylic acids is 1. The fourth-order valence-corrected chi connectivity index (χ4v) is 3.58. The van der Waals surface area contributed by atoms with E-state index in [2.05, 4.69) is 28.7 Å². The first-order valence-corrected chi connectivity index (χ1v) is 11.0. The van der Waals surface area contributed by atoms with Crippen molar-refractivity contribution in [3.8, 4) is 11.8 Å². The van der Waals surface area contributed by atoms with E-state index in [9.17, 15) is 4.79 Å². The molecule has 1 N–H and O–H groups in total.